The van der Waals surface area contributed by atoms with Gasteiger partial charge in [0.25, 0.3) is 0 Å². The molecule has 0 radical (unpaired) electrons. The van der Waals surface area contributed by atoms with Crippen LogP contribution in [0.1, 0.15) is 22.8 Å². The molecule has 19 heavy (non-hydrogen) atoms. The molecule has 0 saturated carbocycles. The maximum atomic E-state index is 4.69. The van der Waals surface area contributed by atoms with E-state index in [2.05, 4.69) is 41.5 Å². The molecule has 1 aromatic carbocycles. The average molecular weight is 271 g/mol. The van der Waals surface area contributed by atoms with E-state index in [4.69, 9.17) is 4.98 Å². The van der Waals surface area contributed by atoms with Crippen molar-refractivity contribution in [3.05, 3.63) is 53.1 Å². The van der Waals surface area contributed by atoms with Crippen LogP contribution in [0.2, 0.25) is 0 Å². The molecule has 0 fully saturated rings. The smallest absolute Gasteiger partial charge is 0.139 e. The molecule has 1 aromatic heterocycles. The molecule has 0 saturated heterocycles. The molecule has 0 aliphatic carbocycles. The van der Waals surface area contributed by atoms with Gasteiger partial charge in [0, 0.05) is 17.1 Å². The summed E-state index contributed by atoms with van der Waals surface area (Å²) in [5, 5.41) is 3.37. The topological polar surface area (TPSA) is 37.8 Å². The number of hydrogen-bond donors (Lipinski definition) is 1. The normalized spacial score (nSPS) is 14.2. The second kappa shape index (κ2) is 5.72. The fourth-order valence-corrected chi connectivity index (χ4v) is 3.11. The minimum atomic E-state index is 0.831. The quantitative estimate of drug-likeness (QED) is 0.871. The van der Waals surface area contributed by atoms with E-state index in [-0.39, 0.29) is 0 Å². The number of thioether (sulfide) groups is 1. The summed E-state index contributed by atoms with van der Waals surface area (Å²) < 4.78 is 0. The molecular weight excluding hydrogens is 254 g/mol. The van der Waals surface area contributed by atoms with Crippen LogP contribution in [0, 0.1) is 6.92 Å². The van der Waals surface area contributed by atoms with Gasteiger partial charge in [-0.1, -0.05) is 18.2 Å². The molecule has 4 heteroatoms. The second-order valence-corrected chi connectivity index (χ2v) is 5.73. The lowest BCUT2D eigenvalue weighted by molar-refractivity contribution is 0.614. The number of benzene rings is 1. The SMILES string of the molecule is Cc1nc(CSc2ccccc2)nc2c1CCNC2. The third kappa shape index (κ3) is 2.96. The van der Waals surface area contributed by atoms with Gasteiger partial charge < -0.3 is 5.32 Å². The summed E-state index contributed by atoms with van der Waals surface area (Å²) in [7, 11) is 0. The lowest BCUT2D eigenvalue weighted by Crippen LogP contribution is -2.26. The largest absolute Gasteiger partial charge is 0.311 e. The third-order valence-electron chi connectivity index (χ3n) is 3.30. The Hall–Kier alpha value is -1.39. The van der Waals surface area contributed by atoms with E-state index in [1.807, 2.05) is 6.07 Å². The standard InChI is InChI=1S/C15H17N3S/c1-11-13-7-8-16-9-14(13)18-15(17-11)10-19-12-5-3-2-4-6-12/h2-6,16H,7-10H2,1H3. The highest BCUT2D eigenvalue weighted by atomic mass is 32.2. The predicted octanol–water partition coefficient (Wildman–Crippen LogP) is 2.72. The van der Waals surface area contributed by atoms with E-state index in [1.54, 1.807) is 11.8 Å². The summed E-state index contributed by atoms with van der Waals surface area (Å²) in [6, 6.07) is 10.4. The maximum Gasteiger partial charge on any atom is 0.139 e. The van der Waals surface area contributed by atoms with Crippen molar-refractivity contribution in [3.63, 3.8) is 0 Å². The summed E-state index contributed by atoms with van der Waals surface area (Å²) in [6.45, 7) is 4.01. The Bertz CT molecular complexity index is 569. The molecule has 0 spiro atoms. The number of aryl methyl sites for hydroxylation is 1. The van der Waals surface area contributed by atoms with Crippen LogP contribution in [-0.4, -0.2) is 16.5 Å². The zero-order chi connectivity index (χ0) is 13.1. The van der Waals surface area contributed by atoms with Crippen molar-refractivity contribution in [2.75, 3.05) is 6.54 Å². The first kappa shape index (κ1) is 12.6. The van der Waals surface area contributed by atoms with Crippen LogP contribution in [0.3, 0.4) is 0 Å². The van der Waals surface area contributed by atoms with Crippen LogP contribution in [0.5, 0.6) is 0 Å². The fraction of sp³-hybridized carbons (Fsp3) is 0.333. The van der Waals surface area contributed by atoms with Crippen LogP contribution in [0.4, 0.5) is 0 Å². The summed E-state index contributed by atoms with van der Waals surface area (Å²) in [6.07, 6.45) is 1.05. The highest BCUT2D eigenvalue weighted by molar-refractivity contribution is 7.98. The number of nitrogens with zero attached hydrogens (tertiary/aromatic N) is 2. The van der Waals surface area contributed by atoms with Crippen molar-refractivity contribution >= 4 is 11.8 Å². The number of rotatable bonds is 3. The molecule has 0 bridgehead atoms. The first-order chi connectivity index (χ1) is 9.33. The van der Waals surface area contributed by atoms with E-state index in [0.29, 0.717) is 0 Å². The van der Waals surface area contributed by atoms with Crippen molar-refractivity contribution in [3.8, 4) is 0 Å². The van der Waals surface area contributed by atoms with Crippen molar-refractivity contribution in [2.24, 2.45) is 0 Å². The first-order valence-corrected chi connectivity index (χ1v) is 7.55. The van der Waals surface area contributed by atoms with Crippen LogP contribution in [0.15, 0.2) is 35.2 Å². The van der Waals surface area contributed by atoms with Crippen LogP contribution in [-0.2, 0) is 18.7 Å². The van der Waals surface area contributed by atoms with Crippen LogP contribution in [0.25, 0.3) is 0 Å². The molecule has 2 heterocycles. The maximum absolute atomic E-state index is 4.69. The Morgan fingerprint density at radius 3 is 2.89 bits per heavy atom. The molecule has 1 aliphatic rings. The van der Waals surface area contributed by atoms with Crippen molar-refractivity contribution in [2.45, 2.75) is 30.5 Å². The predicted molar refractivity (Wildman–Crippen MR) is 78.2 cm³/mol. The Labute approximate surface area is 117 Å². The zero-order valence-electron chi connectivity index (χ0n) is 11.0. The third-order valence-corrected chi connectivity index (χ3v) is 4.31. The van der Waals surface area contributed by atoms with E-state index in [9.17, 15) is 0 Å². The Morgan fingerprint density at radius 2 is 2.05 bits per heavy atom. The molecule has 2 aromatic rings. The Kier molecular flexibility index (Phi) is 3.80. The number of nitrogens with one attached hydrogen (secondary N) is 1. The molecule has 0 unspecified atom stereocenters. The van der Waals surface area contributed by atoms with Gasteiger partial charge in [0.15, 0.2) is 0 Å². The summed E-state index contributed by atoms with van der Waals surface area (Å²) in [5.41, 5.74) is 3.67. The Balaban J connectivity index is 1.76. The van der Waals surface area contributed by atoms with Gasteiger partial charge in [0.05, 0.1) is 11.4 Å². The van der Waals surface area contributed by atoms with Crippen molar-refractivity contribution in [1.82, 2.24) is 15.3 Å². The summed E-state index contributed by atoms with van der Waals surface area (Å²) in [5.74, 6) is 1.77. The number of fused-ring (bicyclic) bond motifs is 1. The second-order valence-electron chi connectivity index (χ2n) is 4.68. The molecule has 0 atom stereocenters. The fourth-order valence-electron chi connectivity index (χ4n) is 2.34. The molecule has 0 amide bonds. The molecule has 1 aliphatic heterocycles. The van der Waals surface area contributed by atoms with Gasteiger partial charge in [0.1, 0.15) is 5.82 Å². The average Bonchev–Trinajstić information content (AvgIpc) is 2.46. The Morgan fingerprint density at radius 1 is 1.21 bits per heavy atom. The van der Waals surface area contributed by atoms with Gasteiger partial charge >= 0.3 is 0 Å². The zero-order valence-corrected chi connectivity index (χ0v) is 11.8. The monoisotopic (exact) mass is 271 g/mol. The van der Waals surface area contributed by atoms with Crippen LogP contribution < -0.4 is 5.32 Å². The van der Waals surface area contributed by atoms with E-state index >= 15 is 0 Å². The van der Waals surface area contributed by atoms with Gasteiger partial charge in [-0.25, -0.2) is 9.97 Å². The first-order valence-electron chi connectivity index (χ1n) is 6.57. The van der Waals surface area contributed by atoms with Gasteiger partial charge in [0.2, 0.25) is 0 Å². The minimum Gasteiger partial charge on any atom is -0.311 e. The lowest BCUT2D eigenvalue weighted by atomic mass is 10.1. The summed E-state index contributed by atoms with van der Waals surface area (Å²) >= 11 is 1.79. The molecule has 3 rings (SSSR count). The molecular formula is C15H17N3S. The van der Waals surface area contributed by atoms with Crippen LogP contribution >= 0.6 is 11.8 Å². The van der Waals surface area contributed by atoms with Gasteiger partial charge in [-0.2, -0.15) is 0 Å². The lowest BCUT2D eigenvalue weighted by Gasteiger charge is -2.18. The van der Waals surface area contributed by atoms with Gasteiger partial charge in [-0.3, -0.25) is 0 Å². The minimum absolute atomic E-state index is 0.831. The van der Waals surface area contributed by atoms with Gasteiger partial charge in [-0.15, -0.1) is 11.8 Å². The van der Waals surface area contributed by atoms with Gasteiger partial charge in [-0.05, 0) is 37.6 Å². The number of hydrogen-bond acceptors (Lipinski definition) is 4. The molecule has 98 valence electrons. The number of aromatic nitrogens is 2. The summed E-state index contributed by atoms with van der Waals surface area (Å²) in [4.78, 5) is 10.6. The van der Waals surface area contributed by atoms with E-state index < -0.39 is 0 Å². The highest BCUT2D eigenvalue weighted by Gasteiger charge is 2.14. The van der Waals surface area contributed by atoms with E-state index in [0.717, 1.165) is 36.8 Å². The molecule has 3 nitrogen and oxygen atoms in total. The van der Waals surface area contributed by atoms with Crippen molar-refractivity contribution in [1.29, 1.82) is 0 Å². The van der Waals surface area contributed by atoms with Crippen molar-refractivity contribution < 1.29 is 0 Å². The molecule has 1 N–H and O–H groups in total. The highest BCUT2D eigenvalue weighted by Crippen LogP contribution is 2.22. The van der Waals surface area contributed by atoms with E-state index in [1.165, 1.54) is 16.2 Å².